The number of carbonyl (C=O) groups is 1. The second-order valence-corrected chi connectivity index (χ2v) is 10.8. The third kappa shape index (κ3) is 3.74. The summed E-state index contributed by atoms with van der Waals surface area (Å²) in [5.74, 6) is 1.15. The van der Waals surface area contributed by atoms with E-state index in [0.29, 0.717) is 42.0 Å². The average molecular weight is 460 g/mol. The van der Waals surface area contributed by atoms with Crippen molar-refractivity contribution in [2.75, 3.05) is 30.4 Å². The molecule has 2 aromatic rings. The van der Waals surface area contributed by atoms with Crippen molar-refractivity contribution in [3.63, 3.8) is 0 Å². The van der Waals surface area contributed by atoms with Gasteiger partial charge in [0.25, 0.3) is 15.9 Å². The summed E-state index contributed by atoms with van der Waals surface area (Å²) in [6.07, 6.45) is 0. The smallest absolute Gasteiger partial charge is 0.257 e. The highest BCUT2D eigenvalue weighted by molar-refractivity contribution is 8.15. The van der Waals surface area contributed by atoms with Gasteiger partial charge >= 0.3 is 0 Å². The first-order valence-corrected chi connectivity index (χ1v) is 12.3. The van der Waals surface area contributed by atoms with Crippen molar-refractivity contribution < 1.29 is 22.7 Å². The van der Waals surface area contributed by atoms with Crippen LogP contribution in [0.1, 0.15) is 29.8 Å². The van der Waals surface area contributed by atoms with Crippen molar-refractivity contribution in [3.05, 3.63) is 47.5 Å². The molecule has 0 radical (unpaired) electrons. The summed E-state index contributed by atoms with van der Waals surface area (Å²) < 4.78 is 38.7. The molecule has 0 saturated heterocycles. The first-order valence-electron chi connectivity index (χ1n) is 9.87. The molecule has 3 heterocycles. The number of hydrogen-bond donors (Lipinski definition) is 1. The van der Waals surface area contributed by atoms with Gasteiger partial charge in [-0.1, -0.05) is 6.07 Å². The molecule has 10 heteroatoms. The van der Waals surface area contributed by atoms with Gasteiger partial charge in [-0.15, -0.1) is 4.40 Å². The highest BCUT2D eigenvalue weighted by Gasteiger charge is 2.34. The van der Waals surface area contributed by atoms with Crippen LogP contribution in [-0.4, -0.2) is 45.0 Å². The number of fused-ring (bicyclic) bond motifs is 4. The van der Waals surface area contributed by atoms with Crippen LogP contribution in [0.25, 0.3) is 0 Å². The van der Waals surface area contributed by atoms with Gasteiger partial charge in [0.15, 0.2) is 16.7 Å². The minimum atomic E-state index is -3.42. The Morgan fingerprint density at radius 2 is 1.90 bits per heavy atom. The molecule has 1 amide bonds. The molecule has 2 aromatic carbocycles. The third-order valence-corrected chi connectivity index (χ3v) is 7.73. The van der Waals surface area contributed by atoms with E-state index in [4.69, 9.17) is 9.47 Å². The Morgan fingerprint density at radius 1 is 1.13 bits per heavy atom. The average Bonchev–Trinajstić information content (AvgIpc) is 3.08. The Balaban J connectivity index is 1.37. The summed E-state index contributed by atoms with van der Waals surface area (Å²) in [7, 11) is -3.42. The van der Waals surface area contributed by atoms with E-state index < -0.39 is 15.6 Å². The van der Waals surface area contributed by atoms with Crippen molar-refractivity contribution in [1.29, 1.82) is 0 Å². The molecule has 0 atom stereocenters. The van der Waals surface area contributed by atoms with Crippen LogP contribution in [0.4, 0.5) is 5.69 Å². The van der Waals surface area contributed by atoms with E-state index >= 15 is 0 Å². The molecule has 0 fully saturated rings. The van der Waals surface area contributed by atoms with Gasteiger partial charge in [-0.2, -0.15) is 0 Å². The van der Waals surface area contributed by atoms with Crippen LogP contribution in [0.2, 0.25) is 0 Å². The molecule has 0 spiro atoms. The molecule has 0 saturated carbocycles. The zero-order valence-electron chi connectivity index (χ0n) is 17.0. The summed E-state index contributed by atoms with van der Waals surface area (Å²) in [5, 5.41) is 3.52. The lowest BCUT2D eigenvalue weighted by Gasteiger charge is -2.29. The molecule has 0 bridgehead atoms. The van der Waals surface area contributed by atoms with E-state index in [1.165, 1.54) is 11.8 Å². The summed E-state index contributed by atoms with van der Waals surface area (Å²) in [5.41, 5.74) is 1.63. The molecule has 8 nitrogen and oxygen atoms in total. The van der Waals surface area contributed by atoms with Gasteiger partial charge in [-0.05, 0) is 61.5 Å². The maximum absolute atomic E-state index is 13.0. The maximum Gasteiger partial charge on any atom is 0.257 e. The van der Waals surface area contributed by atoms with Gasteiger partial charge in [-0.25, -0.2) is 8.42 Å². The van der Waals surface area contributed by atoms with Gasteiger partial charge in [0.2, 0.25) is 0 Å². The number of ether oxygens (including phenoxy) is 2. The van der Waals surface area contributed by atoms with Crippen molar-refractivity contribution in [3.8, 4) is 11.5 Å². The third-order valence-electron chi connectivity index (χ3n) is 5.42. The van der Waals surface area contributed by atoms with Crippen LogP contribution in [0.15, 0.2) is 45.7 Å². The number of nitrogens with one attached hydrogen (secondary N) is 1. The standard InChI is InChI=1S/C21H21N3O5S2/c1-21(2,14-4-6-16-17(12-14)29-9-8-28-16)22-19(25)13-3-5-15-18(11-13)30-20-23-31(26,27)10-7-24(15)20/h3-6,11-12H,7-10H2,1-2H3,(H,22,25). The lowest BCUT2D eigenvalue weighted by molar-refractivity contribution is 0.0911. The van der Waals surface area contributed by atoms with Crippen LogP contribution in [0.5, 0.6) is 11.5 Å². The number of amidine groups is 1. The lowest BCUT2D eigenvalue weighted by atomic mass is 9.93. The van der Waals surface area contributed by atoms with Crippen molar-refractivity contribution >= 4 is 38.5 Å². The van der Waals surface area contributed by atoms with Crippen LogP contribution in [0.3, 0.4) is 0 Å². The van der Waals surface area contributed by atoms with E-state index in [1.807, 2.05) is 43.0 Å². The fourth-order valence-electron chi connectivity index (χ4n) is 3.73. The molecule has 3 aliphatic rings. The fraction of sp³-hybridized carbons (Fsp3) is 0.333. The summed E-state index contributed by atoms with van der Waals surface area (Å²) in [6.45, 7) is 5.25. The number of hydrogen-bond acceptors (Lipinski definition) is 7. The molecule has 0 unspecified atom stereocenters. The Bertz CT molecular complexity index is 1220. The normalized spacial score (nSPS) is 18.6. The number of sulfonamides is 1. The SMILES string of the molecule is CC(C)(NC(=O)c1ccc2c(c1)SC1=NS(=O)(=O)CCN12)c1ccc2c(c1)OCCO2. The van der Waals surface area contributed by atoms with Crippen LogP contribution < -0.4 is 19.7 Å². The van der Waals surface area contributed by atoms with Crippen LogP contribution in [-0.2, 0) is 15.6 Å². The highest BCUT2D eigenvalue weighted by atomic mass is 32.2. The first kappa shape index (κ1) is 20.2. The lowest BCUT2D eigenvalue weighted by Crippen LogP contribution is -2.41. The number of benzene rings is 2. The van der Waals surface area contributed by atoms with Gasteiger partial charge in [0.05, 0.1) is 17.0 Å². The maximum atomic E-state index is 13.0. The number of amides is 1. The van der Waals surface area contributed by atoms with Crippen LogP contribution in [0, 0.1) is 0 Å². The van der Waals surface area contributed by atoms with E-state index in [9.17, 15) is 13.2 Å². The van der Waals surface area contributed by atoms with Gasteiger partial charge < -0.3 is 19.7 Å². The first-order chi connectivity index (χ1) is 14.7. The van der Waals surface area contributed by atoms with Crippen molar-refractivity contribution in [2.45, 2.75) is 24.3 Å². The Kier molecular flexibility index (Phi) is 4.67. The predicted molar refractivity (Wildman–Crippen MR) is 119 cm³/mol. The van der Waals surface area contributed by atoms with E-state index in [-0.39, 0.29) is 11.7 Å². The summed E-state index contributed by atoms with van der Waals surface area (Å²) >= 11 is 1.27. The second-order valence-electron chi connectivity index (χ2n) is 8.03. The number of carbonyl (C=O) groups excluding carboxylic acids is 1. The predicted octanol–water partition coefficient (Wildman–Crippen LogP) is 2.73. The molecule has 162 valence electrons. The number of anilines is 1. The zero-order chi connectivity index (χ0) is 21.8. The minimum absolute atomic E-state index is 0.0114. The molecular weight excluding hydrogens is 438 g/mol. The van der Waals surface area contributed by atoms with Gasteiger partial charge in [0, 0.05) is 17.0 Å². The van der Waals surface area contributed by atoms with Gasteiger partial charge in [0.1, 0.15) is 13.2 Å². The molecule has 0 aliphatic carbocycles. The molecule has 1 N–H and O–H groups in total. The molecular formula is C21H21N3O5S2. The molecule has 31 heavy (non-hydrogen) atoms. The quantitative estimate of drug-likeness (QED) is 0.754. The molecule has 3 aliphatic heterocycles. The largest absolute Gasteiger partial charge is 0.486 e. The Labute approximate surface area is 184 Å². The van der Waals surface area contributed by atoms with E-state index in [1.54, 1.807) is 12.1 Å². The topological polar surface area (TPSA) is 97.3 Å². The van der Waals surface area contributed by atoms with Gasteiger partial charge in [-0.3, -0.25) is 4.79 Å². The van der Waals surface area contributed by atoms with Crippen molar-refractivity contribution in [1.82, 2.24) is 5.32 Å². The van der Waals surface area contributed by atoms with Crippen molar-refractivity contribution in [2.24, 2.45) is 4.40 Å². The zero-order valence-corrected chi connectivity index (χ0v) is 18.7. The van der Waals surface area contributed by atoms with E-state index in [0.717, 1.165) is 16.1 Å². The van der Waals surface area contributed by atoms with Crippen LogP contribution >= 0.6 is 11.8 Å². The summed E-state index contributed by atoms with van der Waals surface area (Å²) in [6, 6.07) is 11.0. The Morgan fingerprint density at radius 3 is 2.71 bits per heavy atom. The molecule has 5 rings (SSSR count). The Hall–Kier alpha value is -2.72. The molecule has 0 aromatic heterocycles. The number of nitrogens with zero attached hydrogens (tertiary/aromatic N) is 2. The monoisotopic (exact) mass is 459 g/mol. The summed E-state index contributed by atoms with van der Waals surface area (Å²) in [4.78, 5) is 15.7. The minimum Gasteiger partial charge on any atom is -0.486 e. The highest BCUT2D eigenvalue weighted by Crippen LogP contribution is 2.42. The fourth-order valence-corrected chi connectivity index (χ4v) is 6.03. The number of rotatable bonds is 3. The van der Waals surface area contributed by atoms with E-state index in [2.05, 4.69) is 9.71 Å². The second kappa shape index (κ2) is 7.16. The number of thioether (sulfide) groups is 1.